The SMILES string of the molecule is CCCC/C=C\CCCCCCCC(=O)OCC(COC1OC(C(=O)O)C(O)C(O)C1OC(=O)CCCCCCCCCCC/C=C\CCCCCCCC)OC(=O)CCCCCCC/C=C\CCCC. The van der Waals surface area contributed by atoms with Gasteiger partial charge in [0.25, 0.3) is 0 Å². The zero-order valence-electron chi connectivity index (χ0n) is 45.2. The van der Waals surface area contributed by atoms with Crippen LogP contribution in [0.4, 0.5) is 0 Å². The van der Waals surface area contributed by atoms with Gasteiger partial charge < -0.3 is 39.0 Å². The van der Waals surface area contributed by atoms with E-state index in [4.69, 9.17) is 23.7 Å². The van der Waals surface area contributed by atoms with Crippen LogP contribution in [0.5, 0.6) is 0 Å². The number of hydrogen-bond acceptors (Lipinski definition) is 11. The first kappa shape index (κ1) is 66.0. The Morgan fingerprint density at radius 1 is 0.451 bits per heavy atom. The van der Waals surface area contributed by atoms with E-state index in [-0.39, 0.29) is 25.9 Å². The predicted octanol–water partition coefficient (Wildman–Crippen LogP) is 14.5. The molecule has 3 N–H and O–H groups in total. The van der Waals surface area contributed by atoms with E-state index in [0.29, 0.717) is 19.3 Å². The second-order valence-electron chi connectivity index (χ2n) is 19.9. The number of aliphatic hydroxyl groups excluding tert-OH is 2. The van der Waals surface area contributed by atoms with Gasteiger partial charge in [0.2, 0.25) is 0 Å². The van der Waals surface area contributed by atoms with Gasteiger partial charge in [-0.1, -0.05) is 198 Å². The summed E-state index contributed by atoms with van der Waals surface area (Å²) in [6.45, 7) is 5.90. The number of carbonyl (C=O) groups excluding carboxylic acids is 3. The first-order valence-electron chi connectivity index (χ1n) is 29.0. The third-order valence-electron chi connectivity index (χ3n) is 13.2. The third-order valence-corrected chi connectivity index (χ3v) is 13.2. The molecule has 12 heteroatoms. The van der Waals surface area contributed by atoms with E-state index in [1.807, 2.05) is 0 Å². The molecule has 71 heavy (non-hydrogen) atoms. The van der Waals surface area contributed by atoms with Crippen molar-refractivity contribution in [3.63, 3.8) is 0 Å². The summed E-state index contributed by atoms with van der Waals surface area (Å²) in [4.78, 5) is 50.9. The molecule has 0 aromatic carbocycles. The molecule has 0 aliphatic carbocycles. The summed E-state index contributed by atoms with van der Waals surface area (Å²) in [5, 5.41) is 31.4. The van der Waals surface area contributed by atoms with Gasteiger partial charge in [0.15, 0.2) is 24.6 Å². The lowest BCUT2D eigenvalue weighted by atomic mass is 9.98. The van der Waals surface area contributed by atoms with Crippen molar-refractivity contribution >= 4 is 23.9 Å². The molecule has 0 bridgehead atoms. The number of carboxylic acid groups (broad SMARTS) is 1. The molecule has 1 aliphatic heterocycles. The number of esters is 3. The molecule has 1 fully saturated rings. The Kier molecular flexibility index (Phi) is 44.5. The summed E-state index contributed by atoms with van der Waals surface area (Å²) < 4.78 is 28.3. The Labute approximate surface area is 431 Å². The molecule has 1 aliphatic rings. The average molecular weight is 1010 g/mol. The van der Waals surface area contributed by atoms with E-state index in [9.17, 15) is 34.5 Å². The molecule has 6 unspecified atom stereocenters. The average Bonchev–Trinajstić information content (AvgIpc) is 3.35. The third kappa shape index (κ3) is 38.2. The molecule has 0 aromatic heterocycles. The minimum Gasteiger partial charge on any atom is -0.479 e. The van der Waals surface area contributed by atoms with Crippen LogP contribution in [0.3, 0.4) is 0 Å². The molecule has 6 atom stereocenters. The quantitative estimate of drug-likeness (QED) is 0.0228. The highest BCUT2D eigenvalue weighted by molar-refractivity contribution is 5.74. The number of ether oxygens (including phenoxy) is 5. The van der Waals surface area contributed by atoms with E-state index in [0.717, 1.165) is 109 Å². The molecule has 412 valence electrons. The van der Waals surface area contributed by atoms with Crippen LogP contribution in [0.15, 0.2) is 36.5 Å². The van der Waals surface area contributed by atoms with E-state index < -0.39 is 67.3 Å². The lowest BCUT2D eigenvalue weighted by molar-refractivity contribution is -0.301. The summed E-state index contributed by atoms with van der Waals surface area (Å²) >= 11 is 0. The summed E-state index contributed by atoms with van der Waals surface area (Å²) in [7, 11) is 0. The number of carbonyl (C=O) groups is 4. The van der Waals surface area contributed by atoms with Gasteiger partial charge >= 0.3 is 23.9 Å². The molecule has 0 radical (unpaired) electrons. The molecule has 0 aromatic rings. The van der Waals surface area contributed by atoms with Gasteiger partial charge in [-0.15, -0.1) is 0 Å². The lowest BCUT2D eigenvalue weighted by Gasteiger charge is -2.40. The zero-order valence-corrected chi connectivity index (χ0v) is 45.2. The lowest BCUT2D eigenvalue weighted by Crippen LogP contribution is -2.61. The number of aliphatic hydroxyl groups is 2. The monoisotopic (exact) mass is 1000 g/mol. The van der Waals surface area contributed by atoms with Crippen LogP contribution in [0.25, 0.3) is 0 Å². The molecule has 1 heterocycles. The van der Waals surface area contributed by atoms with Crippen molar-refractivity contribution in [2.24, 2.45) is 0 Å². The Balaban J connectivity index is 2.65. The van der Waals surface area contributed by atoms with Crippen LogP contribution >= 0.6 is 0 Å². The zero-order chi connectivity index (χ0) is 51.8. The maximum atomic E-state index is 13.1. The predicted molar refractivity (Wildman–Crippen MR) is 285 cm³/mol. The fourth-order valence-corrected chi connectivity index (χ4v) is 8.62. The van der Waals surface area contributed by atoms with Crippen LogP contribution in [-0.2, 0) is 42.9 Å². The van der Waals surface area contributed by atoms with Gasteiger partial charge in [-0.2, -0.15) is 0 Å². The Morgan fingerprint density at radius 3 is 1.24 bits per heavy atom. The highest BCUT2D eigenvalue weighted by Crippen LogP contribution is 2.26. The van der Waals surface area contributed by atoms with Crippen molar-refractivity contribution in [1.82, 2.24) is 0 Å². The Bertz CT molecular complexity index is 1380. The molecule has 1 saturated heterocycles. The molecule has 0 saturated carbocycles. The Hall–Kier alpha value is -3.06. The van der Waals surface area contributed by atoms with E-state index >= 15 is 0 Å². The number of unbranched alkanes of at least 4 members (excludes halogenated alkanes) is 29. The highest BCUT2D eigenvalue weighted by atomic mass is 16.7. The van der Waals surface area contributed by atoms with Gasteiger partial charge in [-0.25, -0.2) is 4.79 Å². The molecule has 0 amide bonds. The van der Waals surface area contributed by atoms with E-state index in [1.165, 1.54) is 96.3 Å². The molecule has 12 nitrogen and oxygen atoms in total. The maximum absolute atomic E-state index is 13.1. The number of rotatable bonds is 49. The van der Waals surface area contributed by atoms with Gasteiger partial charge in [-0.3, -0.25) is 14.4 Å². The summed E-state index contributed by atoms with van der Waals surface area (Å²) in [5.74, 6) is -3.13. The van der Waals surface area contributed by atoms with Gasteiger partial charge in [0, 0.05) is 19.3 Å². The number of aliphatic carboxylic acids is 1. The van der Waals surface area contributed by atoms with Crippen LogP contribution in [0, 0.1) is 0 Å². The van der Waals surface area contributed by atoms with E-state index in [1.54, 1.807) is 0 Å². The Morgan fingerprint density at radius 2 is 0.817 bits per heavy atom. The minimum atomic E-state index is -1.90. The fraction of sp³-hybridized carbons (Fsp3) is 0.831. The van der Waals surface area contributed by atoms with Crippen molar-refractivity contribution in [3.8, 4) is 0 Å². The first-order valence-corrected chi connectivity index (χ1v) is 29.0. The second-order valence-corrected chi connectivity index (χ2v) is 19.9. The van der Waals surface area contributed by atoms with Gasteiger partial charge in [0.05, 0.1) is 6.61 Å². The number of carboxylic acids is 1. The van der Waals surface area contributed by atoms with Crippen molar-refractivity contribution < 1.29 is 58.2 Å². The summed E-state index contributed by atoms with van der Waals surface area (Å²) in [6, 6.07) is 0. The smallest absolute Gasteiger partial charge is 0.335 e. The van der Waals surface area contributed by atoms with Crippen molar-refractivity contribution in [3.05, 3.63) is 36.5 Å². The normalized spacial score (nSPS) is 18.7. The van der Waals surface area contributed by atoms with Crippen LogP contribution in [0.1, 0.15) is 265 Å². The topological polar surface area (TPSA) is 175 Å². The summed E-state index contributed by atoms with van der Waals surface area (Å²) in [6.07, 6.45) is 42.7. The molecule has 0 spiro atoms. The van der Waals surface area contributed by atoms with Crippen molar-refractivity contribution in [1.29, 1.82) is 0 Å². The van der Waals surface area contributed by atoms with Crippen LogP contribution in [0.2, 0.25) is 0 Å². The highest BCUT2D eigenvalue weighted by Gasteiger charge is 2.50. The van der Waals surface area contributed by atoms with Crippen LogP contribution < -0.4 is 0 Å². The molecular weight excluding hydrogens is 901 g/mol. The first-order chi connectivity index (χ1) is 34.6. The molecular formula is C59H104O12. The standard InChI is InChI=1S/C59H104O12/c1-4-7-10-13-16-19-22-23-24-25-26-27-28-29-32-35-38-41-44-47-53(62)70-57-55(64)54(63)56(58(65)66)71-59(57)68-49-50(69-52(61)46-43-40-37-34-31-21-18-15-12-9-6-3)48-67-51(60)45-42-39-36-33-30-20-17-14-11-8-5-2/h14-15,17-18,23-24,50,54-57,59,63-64H,4-13,16,19-22,25-49H2,1-3H3,(H,65,66)/b17-14-,18-15-,24-23-. The fourth-order valence-electron chi connectivity index (χ4n) is 8.62. The molecule has 1 rings (SSSR count). The van der Waals surface area contributed by atoms with Crippen molar-refractivity contribution in [2.75, 3.05) is 13.2 Å². The van der Waals surface area contributed by atoms with Crippen LogP contribution in [-0.4, -0.2) is 89.2 Å². The minimum absolute atomic E-state index is 0.0591. The van der Waals surface area contributed by atoms with Crippen molar-refractivity contribution in [2.45, 2.75) is 302 Å². The number of allylic oxidation sites excluding steroid dienone is 6. The van der Waals surface area contributed by atoms with E-state index in [2.05, 4.69) is 57.2 Å². The number of hydrogen-bond donors (Lipinski definition) is 3. The van der Waals surface area contributed by atoms with Gasteiger partial charge in [-0.05, 0) is 83.5 Å². The largest absolute Gasteiger partial charge is 0.479 e. The van der Waals surface area contributed by atoms with Gasteiger partial charge in [0.1, 0.15) is 18.8 Å². The second kappa shape index (κ2) is 47.9. The summed E-state index contributed by atoms with van der Waals surface area (Å²) in [5.41, 5.74) is 0. The maximum Gasteiger partial charge on any atom is 0.335 e.